The standard InChI is InChI=1S/C13H25NO4Si/c1-9(15)18-12-10(11(16)14-12)7-8-17-19(5,6)13(2,3)4/h10,12H,7-8H2,1-6H3,(H,14,16)/t10-,12+/m1/s1. The number of rotatable bonds is 5. The number of hydrogen-bond donors (Lipinski definition) is 1. The van der Waals surface area contributed by atoms with Crippen LogP contribution in [0.15, 0.2) is 0 Å². The third-order valence-corrected chi connectivity index (χ3v) is 8.52. The van der Waals surface area contributed by atoms with Gasteiger partial charge in [0, 0.05) is 13.5 Å². The Hall–Kier alpha value is -0.883. The largest absolute Gasteiger partial charge is 0.441 e. The summed E-state index contributed by atoms with van der Waals surface area (Å²) in [5.41, 5.74) is 0. The fourth-order valence-electron chi connectivity index (χ4n) is 1.62. The Morgan fingerprint density at radius 1 is 1.37 bits per heavy atom. The summed E-state index contributed by atoms with van der Waals surface area (Å²) in [5.74, 6) is -0.709. The lowest BCUT2D eigenvalue weighted by Crippen LogP contribution is -2.60. The molecule has 1 heterocycles. The van der Waals surface area contributed by atoms with Crippen LogP contribution in [0.1, 0.15) is 34.1 Å². The number of esters is 1. The Balaban J connectivity index is 2.40. The summed E-state index contributed by atoms with van der Waals surface area (Å²) in [6, 6.07) is 0. The molecule has 19 heavy (non-hydrogen) atoms. The molecule has 0 spiro atoms. The van der Waals surface area contributed by atoms with Gasteiger partial charge in [-0.25, -0.2) is 0 Å². The Bertz CT molecular complexity index is 362. The molecule has 1 N–H and O–H groups in total. The molecule has 1 rings (SSSR count). The molecule has 0 aromatic heterocycles. The van der Waals surface area contributed by atoms with Crippen LogP contribution in [0, 0.1) is 5.92 Å². The predicted molar refractivity (Wildman–Crippen MR) is 75.0 cm³/mol. The van der Waals surface area contributed by atoms with Crippen LogP contribution in [0.2, 0.25) is 18.1 Å². The molecule has 5 nitrogen and oxygen atoms in total. The first kappa shape index (κ1) is 16.2. The van der Waals surface area contributed by atoms with Crippen molar-refractivity contribution in [3.05, 3.63) is 0 Å². The predicted octanol–water partition coefficient (Wildman–Crippen LogP) is 2.03. The fraction of sp³-hybridized carbons (Fsp3) is 0.846. The fourth-order valence-corrected chi connectivity index (χ4v) is 2.68. The number of amides is 1. The van der Waals surface area contributed by atoms with Crippen molar-refractivity contribution in [3.63, 3.8) is 0 Å². The molecule has 2 atom stereocenters. The molecule has 110 valence electrons. The minimum absolute atomic E-state index is 0.0647. The van der Waals surface area contributed by atoms with Crippen molar-refractivity contribution in [2.45, 2.75) is 58.5 Å². The third-order valence-electron chi connectivity index (χ3n) is 3.98. The van der Waals surface area contributed by atoms with Crippen LogP contribution in [0.4, 0.5) is 0 Å². The molecule has 0 unspecified atom stereocenters. The van der Waals surface area contributed by atoms with E-state index in [0.29, 0.717) is 13.0 Å². The highest BCUT2D eigenvalue weighted by Crippen LogP contribution is 2.36. The van der Waals surface area contributed by atoms with Crippen LogP contribution in [-0.4, -0.2) is 33.0 Å². The van der Waals surface area contributed by atoms with Crippen molar-refractivity contribution in [1.29, 1.82) is 0 Å². The van der Waals surface area contributed by atoms with Crippen LogP contribution in [-0.2, 0) is 18.8 Å². The first-order valence-corrected chi connectivity index (χ1v) is 9.57. The molecule has 0 aromatic rings. The van der Waals surface area contributed by atoms with Crippen molar-refractivity contribution in [2.75, 3.05) is 6.61 Å². The summed E-state index contributed by atoms with van der Waals surface area (Å²) in [7, 11) is -1.78. The van der Waals surface area contributed by atoms with Crippen LogP contribution < -0.4 is 5.32 Å². The Morgan fingerprint density at radius 2 is 1.95 bits per heavy atom. The zero-order valence-corrected chi connectivity index (χ0v) is 13.7. The molecule has 1 aliphatic rings. The smallest absolute Gasteiger partial charge is 0.304 e. The Morgan fingerprint density at radius 3 is 2.37 bits per heavy atom. The highest BCUT2D eigenvalue weighted by Gasteiger charge is 2.42. The van der Waals surface area contributed by atoms with Crippen LogP contribution in [0.5, 0.6) is 0 Å². The van der Waals surface area contributed by atoms with Gasteiger partial charge in [0.1, 0.15) is 0 Å². The van der Waals surface area contributed by atoms with E-state index in [-0.39, 0.29) is 22.8 Å². The van der Waals surface area contributed by atoms with Gasteiger partial charge in [-0.05, 0) is 24.6 Å². The maximum Gasteiger partial charge on any atom is 0.304 e. The molecule has 0 bridgehead atoms. The molecule has 0 saturated carbocycles. The van der Waals surface area contributed by atoms with E-state index >= 15 is 0 Å². The SMILES string of the molecule is CC(=O)O[C@@H]1NC(=O)[C@H]1CCO[Si](C)(C)C(C)(C)C. The zero-order valence-electron chi connectivity index (χ0n) is 12.7. The number of hydrogen-bond acceptors (Lipinski definition) is 4. The lowest BCUT2D eigenvalue weighted by Gasteiger charge is -2.38. The van der Waals surface area contributed by atoms with E-state index in [1.54, 1.807) is 0 Å². The maximum atomic E-state index is 11.4. The average molecular weight is 287 g/mol. The molecule has 1 aliphatic heterocycles. The molecule has 0 aliphatic carbocycles. The number of β-lactam (4-membered cyclic amide) rings is 1. The maximum absolute atomic E-state index is 11.4. The second-order valence-electron chi connectivity index (χ2n) is 6.54. The second kappa shape index (κ2) is 5.62. The van der Waals surface area contributed by atoms with Gasteiger partial charge in [-0.3, -0.25) is 9.59 Å². The van der Waals surface area contributed by atoms with Crippen molar-refractivity contribution in [3.8, 4) is 0 Å². The van der Waals surface area contributed by atoms with Gasteiger partial charge in [-0.15, -0.1) is 0 Å². The average Bonchev–Trinajstić information content (AvgIpc) is 2.21. The summed E-state index contributed by atoms with van der Waals surface area (Å²) in [6.45, 7) is 12.8. The van der Waals surface area contributed by atoms with Gasteiger partial charge in [-0.1, -0.05) is 20.8 Å². The van der Waals surface area contributed by atoms with Gasteiger partial charge < -0.3 is 14.5 Å². The van der Waals surface area contributed by atoms with Crippen molar-refractivity contribution < 1.29 is 18.8 Å². The molecule has 1 amide bonds. The monoisotopic (exact) mass is 287 g/mol. The van der Waals surface area contributed by atoms with Crippen molar-refractivity contribution >= 4 is 20.2 Å². The van der Waals surface area contributed by atoms with E-state index in [4.69, 9.17) is 9.16 Å². The van der Waals surface area contributed by atoms with E-state index < -0.39 is 14.5 Å². The van der Waals surface area contributed by atoms with Gasteiger partial charge in [-0.2, -0.15) is 0 Å². The first-order valence-electron chi connectivity index (χ1n) is 6.66. The van der Waals surface area contributed by atoms with E-state index in [9.17, 15) is 9.59 Å². The number of carbonyl (C=O) groups excluding carboxylic acids is 2. The zero-order chi connectivity index (χ0) is 14.8. The van der Waals surface area contributed by atoms with E-state index in [2.05, 4.69) is 39.2 Å². The van der Waals surface area contributed by atoms with Gasteiger partial charge in [0.05, 0.1) is 5.92 Å². The molecule has 1 fully saturated rings. The molecule has 6 heteroatoms. The lowest BCUT2D eigenvalue weighted by molar-refractivity contribution is -0.168. The topological polar surface area (TPSA) is 64.6 Å². The minimum atomic E-state index is -1.78. The van der Waals surface area contributed by atoms with Crippen molar-refractivity contribution in [2.24, 2.45) is 5.92 Å². The molecular weight excluding hydrogens is 262 g/mol. The van der Waals surface area contributed by atoms with E-state index in [1.165, 1.54) is 6.92 Å². The summed E-state index contributed by atoms with van der Waals surface area (Å²) >= 11 is 0. The normalized spacial score (nSPS) is 23.6. The van der Waals surface area contributed by atoms with Gasteiger partial charge in [0.25, 0.3) is 0 Å². The number of nitrogens with one attached hydrogen (secondary N) is 1. The summed E-state index contributed by atoms with van der Waals surface area (Å²) < 4.78 is 11.0. The van der Waals surface area contributed by atoms with Gasteiger partial charge in [0.15, 0.2) is 14.5 Å². The molecular formula is C13H25NO4Si. The van der Waals surface area contributed by atoms with Crippen LogP contribution in [0.3, 0.4) is 0 Å². The summed E-state index contributed by atoms with van der Waals surface area (Å²) in [5, 5.41) is 2.73. The molecule has 0 aromatic carbocycles. The summed E-state index contributed by atoms with van der Waals surface area (Å²) in [6.07, 6.45) is 0.115. The summed E-state index contributed by atoms with van der Waals surface area (Å²) in [4.78, 5) is 22.3. The lowest BCUT2D eigenvalue weighted by atomic mass is 9.96. The van der Waals surface area contributed by atoms with Gasteiger partial charge in [0.2, 0.25) is 5.91 Å². The van der Waals surface area contributed by atoms with E-state index in [0.717, 1.165) is 0 Å². The third kappa shape index (κ3) is 4.04. The highest BCUT2D eigenvalue weighted by molar-refractivity contribution is 6.74. The quantitative estimate of drug-likeness (QED) is 0.477. The van der Waals surface area contributed by atoms with E-state index in [1.807, 2.05) is 0 Å². The Labute approximate surface area is 116 Å². The molecule has 1 saturated heterocycles. The molecule has 0 radical (unpaired) electrons. The van der Waals surface area contributed by atoms with Crippen LogP contribution >= 0.6 is 0 Å². The second-order valence-corrected chi connectivity index (χ2v) is 11.4. The van der Waals surface area contributed by atoms with Crippen molar-refractivity contribution in [1.82, 2.24) is 5.32 Å². The number of ether oxygens (including phenoxy) is 1. The highest BCUT2D eigenvalue weighted by atomic mass is 28.4. The number of carbonyl (C=O) groups is 2. The Kier molecular flexibility index (Phi) is 4.79. The minimum Gasteiger partial charge on any atom is -0.441 e. The first-order chi connectivity index (χ1) is 8.54. The van der Waals surface area contributed by atoms with Gasteiger partial charge >= 0.3 is 5.97 Å². The van der Waals surface area contributed by atoms with Crippen LogP contribution in [0.25, 0.3) is 0 Å².